The fourth-order valence-corrected chi connectivity index (χ4v) is 3.61. The summed E-state index contributed by atoms with van der Waals surface area (Å²) in [6, 6.07) is 7.36. The molecule has 0 fully saturated rings. The predicted octanol–water partition coefficient (Wildman–Crippen LogP) is 2.69. The summed E-state index contributed by atoms with van der Waals surface area (Å²) in [5, 5.41) is 14.6. The molecule has 1 amide bonds. The molecule has 0 aliphatic heterocycles. The Morgan fingerprint density at radius 1 is 1.44 bits per heavy atom. The molecule has 0 saturated carbocycles. The molecule has 8 heteroatoms. The molecule has 1 aromatic carbocycles. The van der Waals surface area contributed by atoms with E-state index in [1.165, 1.54) is 16.8 Å². The second-order valence-electron chi connectivity index (χ2n) is 6.77. The summed E-state index contributed by atoms with van der Waals surface area (Å²) in [6.45, 7) is 1.74. The van der Waals surface area contributed by atoms with Crippen LogP contribution in [-0.2, 0) is 17.6 Å². The Morgan fingerprint density at radius 3 is 3.11 bits per heavy atom. The van der Waals surface area contributed by atoms with Gasteiger partial charge in [0.05, 0.1) is 12.3 Å². The number of rotatable bonds is 5. The zero-order valence-electron chi connectivity index (χ0n) is 14.9. The molecule has 1 N–H and O–H groups in total. The highest BCUT2D eigenvalue weighted by atomic mass is 19.1. The number of aryl methyl sites for hydroxylation is 2. The molecule has 3 aromatic rings. The highest BCUT2D eigenvalue weighted by Gasteiger charge is 2.29. The van der Waals surface area contributed by atoms with Crippen LogP contribution in [0.2, 0.25) is 0 Å². The molecule has 2 heterocycles. The van der Waals surface area contributed by atoms with Gasteiger partial charge in [0.1, 0.15) is 23.4 Å². The first-order valence-corrected chi connectivity index (χ1v) is 8.97. The third-order valence-corrected chi connectivity index (χ3v) is 4.94. The Bertz CT molecular complexity index is 951. The minimum atomic E-state index is -0.668. The van der Waals surface area contributed by atoms with Crippen LogP contribution in [-0.4, -0.2) is 26.1 Å². The van der Waals surface area contributed by atoms with Gasteiger partial charge in [0.2, 0.25) is 5.91 Å². The molecule has 140 valence electrons. The maximum Gasteiger partial charge on any atom is 0.245 e. The Hall–Kier alpha value is -3.03. The lowest BCUT2D eigenvalue weighted by Crippen LogP contribution is -2.38. The smallest absolute Gasteiger partial charge is 0.245 e. The lowest BCUT2D eigenvalue weighted by molar-refractivity contribution is -0.125. The average molecular weight is 369 g/mol. The molecule has 0 spiro atoms. The first-order valence-electron chi connectivity index (χ1n) is 8.97. The summed E-state index contributed by atoms with van der Waals surface area (Å²) in [6.07, 6.45) is 4.63. The number of hydrogen-bond donors (Lipinski definition) is 1. The molecule has 2 atom stereocenters. The van der Waals surface area contributed by atoms with Crippen molar-refractivity contribution in [2.75, 3.05) is 0 Å². The van der Waals surface area contributed by atoms with Gasteiger partial charge in [0.15, 0.2) is 0 Å². The topological polar surface area (TPSA) is 85.8 Å². The van der Waals surface area contributed by atoms with E-state index in [1.54, 1.807) is 25.3 Å². The third-order valence-electron chi connectivity index (χ3n) is 4.94. The Balaban J connectivity index is 1.59. The highest BCUT2D eigenvalue weighted by Crippen LogP contribution is 2.31. The summed E-state index contributed by atoms with van der Waals surface area (Å²) >= 11 is 0. The second kappa shape index (κ2) is 7.30. The number of nitrogens with one attached hydrogen (secondary N) is 1. The van der Waals surface area contributed by atoms with E-state index in [0.29, 0.717) is 17.8 Å². The van der Waals surface area contributed by atoms with E-state index in [4.69, 9.17) is 4.42 Å². The van der Waals surface area contributed by atoms with Crippen LogP contribution in [0.4, 0.5) is 4.39 Å². The zero-order valence-corrected chi connectivity index (χ0v) is 14.9. The number of aromatic nitrogens is 4. The molecular formula is C19H20FN5O2. The van der Waals surface area contributed by atoms with Gasteiger partial charge in [-0.25, -0.2) is 9.07 Å². The van der Waals surface area contributed by atoms with Gasteiger partial charge in [0.25, 0.3) is 0 Å². The summed E-state index contributed by atoms with van der Waals surface area (Å²) in [5.41, 5.74) is 1.73. The number of halogens is 1. The van der Waals surface area contributed by atoms with Crippen LogP contribution in [0.3, 0.4) is 0 Å². The van der Waals surface area contributed by atoms with Gasteiger partial charge in [-0.1, -0.05) is 12.1 Å². The van der Waals surface area contributed by atoms with Crippen LogP contribution in [0.1, 0.15) is 47.6 Å². The number of tetrazole rings is 1. The van der Waals surface area contributed by atoms with Gasteiger partial charge in [-0.15, -0.1) is 5.10 Å². The number of fused-ring (bicyclic) bond motifs is 1. The van der Waals surface area contributed by atoms with Crippen LogP contribution in [0.5, 0.6) is 0 Å². The Morgan fingerprint density at radius 2 is 2.33 bits per heavy atom. The van der Waals surface area contributed by atoms with Crippen molar-refractivity contribution in [3.05, 3.63) is 65.1 Å². The van der Waals surface area contributed by atoms with E-state index in [2.05, 4.69) is 20.8 Å². The maximum absolute atomic E-state index is 13.6. The number of amides is 1. The summed E-state index contributed by atoms with van der Waals surface area (Å²) in [7, 11) is 0. The zero-order chi connectivity index (χ0) is 18.8. The third kappa shape index (κ3) is 3.60. The molecule has 0 saturated heterocycles. The Kier molecular flexibility index (Phi) is 4.70. The van der Waals surface area contributed by atoms with Gasteiger partial charge >= 0.3 is 0 Å². The average Bonchev–Trinajstić information content (AvgIpc) is 3.29. The van der Waals surface area contributed by atoms with E-state index >= 15 is 0 Å². The standard InChI is InChI=1S/C19H20FN5O2/c1-12-22-23-24-25(12)17(11-13-4-2-5-14(20)10-13)19(26)21-16-6-3-7-18-15(16)8-9-27-18/h2,4-5,8-10,16-17H,3,6-7,11H2,1H3,(H,21,26). The monoisotopic (exact) mass is 369 g/mol. The SMILES string of the molecule is Cc1nnnn1C(Cc1cccc(F)c1)C(=O)NC1CCCc2occc21. The molecule has 7 nitrogen and oxygen atoms in total. The van der Waals surface area contributed by atoms with E-state index in [9.17, 15) is 9.18 Å². The first-order chi connectivity index (χ1) is 13.1. The fraction of sp³-hybridized carbons (Fsp3) is 0.368. The van der Waals surface area contributed by atoms with E-state index in [1.807, 2.05) is 6.07 Å². The minimum absolute atomic E-state index is 0.105. The molecule has 1 aliphatic carbocycles. The number of carbonyl (C=O) groups excluding carboxylic acids is 1. The van der Waals surface area contributed by atoms with Gasteiger partial charge in [-0.05, 0) is 54.0 Å². The predicted molar refractivity (Wildman–Crippen MR) is 94.2 cm³/mol. The molecule has 27 heavy (non-hydrogen) atoms. The molecule has 2 unspecified atom stereocenters. The molecular weight excluding hydrogens is 349 g/mol. The van der Waals surface area contributed by atoms with Crippen LogP contribution in [0.25, 0.3) is 0 Å². The van der Waals surface area contributed by atoms with Crippen molar-refractivity contribution in [1.82, 2.24) is 25.5 Å². The van der Waals surface area contributed by atoms with Gasteiger partial charge < -0.3 is 9.73 Å². The fourth-order valence-electron chi connectivity index (χ4n) is 3.61. The van der Waals surface area contributed by atoms with Gasteiger partial charge in [-0.2, -0.15) is 0 Å². The molecule has 4 rings (SSSR count). The number of benzene rings is 1. The number of carbonyl (C=O) groups is 1. The number of hydrogen-bond acceptors (Lipinski definition) is 5. The summed E-state index contributed by atoms with van der Waals surface area (Å²) in [4.78, 5) is 13.1. The van der Waals surface area contributed by atoms with E-state index in [0.717, 1.165) is 30.6 Å². The minimum Gasteiger partial charge on any atom is -0.469 e. The molecule has 2 aromatic heterocycles. The van der Waals surface area contributed by atoms with Crippen molar-refractivity contribution in [2.24, 2.45) is 0 Å². The van der Waals surface area contributed by atoms with Crippen LogP contribution >= 0.6 is 0 Å². The van der Waals surface area contributed by atoms with E-state index in [-0.39, 0.29) is 17.8 Å². The van der Waals surface area contributed by atoms with Crippen molar-refractivity contribution in [3.63, 3.8) is 0 Å². The quantitative estimate of drug-likeness (QED) is 0.747. The molecule has 0 radical (unpaired) electrons. The van der Waals surface area contributed by atoms with Crippen LogP contribution in [0.15, 0.2) is 41.0 Å². The van der Waals surface area contributed by atoms with Crippen LogP contribution < -0.4 is 5.32 Å². The number of nitrogens with zero attached hydrogens (tertiary/aromatic N) is 4. The molecule has 1 aliphatic rings. The van der Waals surface area contributed by atoms with E-state index < -0.39 is 6.04 Å². The lowest BCUT2D eigenvalue weighted by atomic mass is 9.93. The summed E-state index contributed by atoms with van der Waals surface area (Å²) in [5.74, 6) is 0.912. The van der Waals surface area contributed by atoms with Crippen molar-refractivity contribution < 1.29 is 13.6 Å². The number of furan rings is 1. The van der Waals surface area contributed by atoms with Crippen molar-refractivity contribution in [3.8, 4) is 0 Å². The van der Waals surface area contributed by atoms with Gasteiger partial charge in [0, 0.05) is 18.4 Å². The van der Waals surface area contributed by atoms with Crippen molar-refractivity contribution in [1.29, 1.82) is 0 Å². The maximum atomic E-state index is 13.6. The van der Waals surface area contributed by atoms with Crippen LogP contribution in [0, 0.1) is 12.7 Å². The Labute approximate surface area is 155 Å². The molecule has 0 bridgehead atoms. The second-order valence-corrected chi connectivity index (χ2v) is 6.77. The van der Waals surface area contributed by atoms with Crippen molar-refractivity contribution in [2.45, 2.75) is 44.7 Å². The van der Waals surface area contributed by atoms with Crippen molar-refractivity contribution >= 4 is 5.91 Å². The first kappa shape index (κ1) is 17.4. The summed E-state index contributed by atoms with van der Waals surface area (Å²) < 4.78 is 20.6. The normalized spacial score (nSPS) is 17.3. The largest absolute Gasteiger partial charge is 0.469 e. The van der Waals surface area contributed by atoms with Gasteiger partial charge in [-0.3, -0.25) is 4.79 Å². The highest BCUT2D eigenvalue weighted by molar-refractivity contribution is 5.81. The lowest BCUT2D eigenvalue weighted by Gasteiger charge is -2.25.